The van der Waals surface area contributed by atoms with Gasteiger partial charge in [-0.25, -0.2) is 0 Å². The van der Waals surface area contributed by atoms with Crippen molar-refractivity contribution in [3.05, 3.63) is 4.91 Å². The van der Waals surface area contributed by atoms with Crippen LogP contribution in [0, 0.1) is 39.4 Å². The first kappa shape index (κ1) is 32.0. The number of unbranched alkanes of at least 4 members (excludes halogenated alkanes) is 12. The molecule has 4 fully saturated rings. The predicted molar refractivity (Wildman–Crippen MR) is 165 cm³/mol. The Hall–Kier alpha value is -0.930. The van der Waals surface area contributed by atoms with Gasteiger partial charge in [0.05, 0.1) is 0 Å². The number of nitroso groups, excluding NO2 is 1. The molecule has 8 atom stereocenters. The molecule has 0 aromatic carbocycles. The highest BCUT2D eigenvalue weighted by Crippen LogP contribution is 2.66. The van der Waals surface area contributed by atoms with Gasteiger partial charge >= 0.3 is 5.97 Å². The van der Waals surface area contributed by atoms with Gasteiger partial charge < -0.3 is 4.74 Å². The largest absolute Gasteiger partial charge is 0.458 e. The Labute approximate surface area is 247 Å². The van der Waals surface area contributed by atoms with Gasteiger partial charge in [-0.05, 0) is 73.5 Å². The number of ether oxygens (including phenoxy) is 1. The van der Waals surface area contributed by atoms with Crippen LogP contribution in [0.2, 0.25) is 0 Å². The third-order valence-corrected chi connectivity index (χ3v) is 12.7. The zero-order valence-corrected chi connectivity index (χ0v) is 26.9. The average molecular weight is 559 g/mol. The Morgan fingerprint density at radius 2 is 1.40 bits per heavy atom. The fourth-order valence-electron chi connectivity index (χ4n) is 10.4. The number of esters is 1. The van der Waals surface area contributed by atoms with Crippen molar-refractivity contribution in [3.63, 3.8) is 0 Å². The molecule has 3 saturated carbocycles. The van der Waals surface area contributed by atoms with E-state index in [-0.39, 0.29) is 30.1 Å². The SMILES string of the molecule is CCCCCCCCCCCCCCCC(=O)OCC1C[C@@]2(C)C(CC[C@H]3[C@@H]4CCC[C@@]4(C)CC[C@@H]32)C(C)[N+]1=O. The minimum atomic E-state index is -0.178. The zero-order valence-electron chi connectivity index (χ0n) is 26.9. The van der Waals surface area contributed by atoms with Gasteiger partial charge in [0.25, 0.3) is 0 Å². The molecule has 3 unspecified atom stereocenters. The molecular formula is C36H64NO3+. The fraction of sp³-hybridized carbons (Fsp3) is 0.972. The Bertz CT molecular complexity index is 812. The number of hydrogen-bond acceptors (Lipinski definition) is 3. The van der Waals surface area contributed by atoms with Crippen LogP contribution in [-0.4, -0.2) is 29.4 Å². The second-order valence-corrected chi connectivity index (χ2v) is 15.3. The summed E-state index contributed by atoms with van der Waals surface area (Å²) < 4.78 is 7.10. The molecule has 3 aliphatic carbocycles. The third-order valence-electron chi connectivity index (χ3n) is 12.7. The second kappa shape index (κ2) is 15.0. The van der Waals surface area contributed by atoms with E-state index in [0.717, 1.165) is 37.0 Å². The van der Waals surface area contributed by atoms with E-state index in [0.29, 0.717) is 17.8 Å². The van der Waals surface area contributed by atoms with Gasteiger partial charge in [-0.15, -0.1) is 0 Å². The van der Waals surface area contributed by atoms with Crippen LogP contribution in [0.1, 0.15) is 169 Å². The Kier molecular flexibility index (Phi) is 12.0. The minimum Gasteiger partial charge on any atom is -0.458 e. The Balaban J connectivity index is 1.13. The van der Waals surface area contributed by atoms with Gasteiger partial charge in [0.2, 0.25) is 12.1 Å². The van der Waals surface area contributed by atoms with Crippen molar-refractivity contribution in [1.29, 1.82) is 0 Å². The molecule has 4 rings (SSSR count). The van der Waals surface area contributed by atoms with E-state index in [4.69, 9.17) is 4.74 Å². The number of carbonyl (C=O) groups is 1. The molecule has 1 heterocycles. The molecule has 0 N–H and O–H groups in total. The number of nitrogens with zero attached hydrogens (tertiary/aromatic N) is 1. The fourth-order valence-corrected chi connectivity index (χ4v) is 10.4. The van der Waals surface area contributed by atoms with Crippen LogP contribution in [0.25, 0.3) is 0 Å². The molecule has 0 spiro atoms. The predicted octanol–water partition coefficient (Wildman–Crippen LogP) is 10.2. The normalized spacial score (nSPS) is 37.0. The highest BCUT2D eigenvalue weighted by atomic mass is 16.5. The van der Waals surface area contributed by atoms with Gasteiger partial charge in [0.1, 0.15) is 0 Å². The first-order valence-electron chi connectivity index (χ1n) is 17.9. The molecule has 4 aliphatic rings. The lowest BCUT2D eigenvalue weighted by Crippen LogP contribution is -2.60. The summed E-state index contributed by atoms with van der Waals surface area (Å²) in [5.41, 5.74) is 0.775. The van der Waals surface area contributed by atoms with Gasteiger partial charge in [0.15, 0.2) is 6.61 Å². The van der Waals surface area contributed by atoms with Crippen LogP contribution >= 0.6 is 0 Å². The van der Waals surface area contributed by atoms with E-state index in [1.54, 1.807) is 0 Å². The van der Waals surface area contributed by atoms with Crippen molar-refractivity contribution in [2.45, 2.75) is 181 Å². The molecule has 4 heteroatoms. The molecule has 1 aliphatic heterocycles. The van der Waals surface area contributed by atoms with E-state index in [2.05, 4.69) is 27.7 Å². The van der Waals surface area contributed by atoms with Crippen molar-refractivity contribution in [2.75, 3.05) is 6.61 Å². The second-order valence-electron chi connectivity index (χ2n) is 15.3. The molecule has 1 saturated heterocycles. The van der Waals surface area contributed by atoms with Crippen LogP contribution in [0.4, 0.5) is 0 Å². The molecule has 0 radical (unpaired) electrons. The Morgan fingerprint density at radius 1 is 0.775 bits per heavy atom. The van der Waals surface area contributed by atoms with E-state index < -0.39 is 0 Å². The summed E-state index contributed by atoms with van der Waals surface area (Å²) in [7, 11) is 0. The summed E-state index contributed by atoms with van der Waals surface area (Å²) in [6.07, 6.45) is 27.9. The van der Waals surface area contributed by atoms with Crippen LogP contribution in [0.3, 0.4) is 0 Å². The summed E-state index contributed by atoms with van der Waals surface area (Å²) in [5.74, 6) is 2.85. The van der Waals surface area contributed by atoms with Crippen molar-refractivity contribution in [1.82, 2.24) is 0 Å². The molecule has 0 aromatic heterocycles. The van der Waals surface area contributed by atoms with Gasteiger partial charge in [-0.2, -0.15) is 0 Å². The molecular weight excluding hydrogens is 494 g/mol. The van der Waals surface area contributed by atoms with Crippen molar-refractivity contribution < 1.29 is 14.3 Å². The lowest BCUT2D eigenvalue weighted by molar-refractivity contribution is -0.648. The first-order valence-corrected chi connectivity index (χ1v) is 17.9. The number of hydrogen-bond donors (Lipinski definition) is 0. The lowest BCUT2D eigenvalue weighted by Gasteiger charge is -2.59. The number of piperidine rings is 1. The Morgan fingerprint density at radius 3 is 2.05 bits per heavy atom. The lowest BCUT2D eigenvalue weighted by atomic mass is 9.45. The molecule has 40 heavy (non-hydrogen) atoms. The minimum absolute atomic E-state index is 0.0290. The molecule has 0 aromatic rings. The van der Waals surface area contributed by atoms with E-state index in [1.807, 2.05) is 0 Å². The maximum atomic E-state index is 13.3. The molecule has 230 valence electrons. The van der Waals surface area contributed by atoms with Crippen LogP contribution in [0.15, 0.2) is 0 Å². The summed E-state index contributed by atoms with van der Waals surface area (Å²) in [6, 6.07) is -0.149. The summed E-state index contributed by atoms with van der Waals surface area (Å²) >= 11 is 0. The topological polar surface area (TPSA) is 46.4 Å². The quantitative estimate of drug-likeness (QED) is 0.108. The van der Waals surface area contributed by atoms with Gasteiger partial charge in [0, 0.05) is 35.4 Å². The van der Waals surface area contributed by atoms with Crippen molar-refractivity contribution >= 4 is 5.97 Å². The van der Waals surface area contributed by atoms with Gasteiger partial charge in [-0.3, -0.25) is 4.79 Å². The smallest absolute Gasteiger partial charge is 0.306 e. The number of rotatable bonds is 16. The van der Waals surface area contributed by atoms with Crippen molar-refractivity contribution in [2.24, 2.45) is 34.5 Å². The highest BCUT2D eigenvalue weighted by Gasteiger charge is 2.63. The van der Waals surface area contributed by atoms with Crippen LogP contribution in [0.5, 0.6) is 0 Å². The maximum Gasteiger partial charge on any atom is 0.306 e. The van der Waals surface area contributed by atoms with Crippen molar-refractivity contribution in [3.8, 4) is 0 Å². The summed E-state index contributed by atoms with van der Waals surface area (Å²) in [6.45, 7) is 9.79. The highest BCUT2D eigenvalue weighted by molar-refractivity contribution is 5.69. The molecule has 0 amide bonds. The maximum absolute atomic E-state index is 13.3. The van der Waals surface area contributed by atoms with E-state index >= 15 is 0 Å². The summed E-state index contributed by atoms with van der Waals surface area (Å²) in [5, 5.41) is 0. The number of fused-ring (bicyclic) bond motifs is 5. The first-order chi connectivity index (χ1) is 19.3. The van der Waals surface area contributed by atoms with Gasteiger partial charge in [-0.1, -0.05) is 104 Å². The zero-order chi connectivity index (χ0) is 28.6. The number of carbonyl (C=O) groups excluding carboxylic acids is 1. The molecule has 4 nitrogen and oxygen atoms in total. The van der Waals surface area contributed by atoms with Crippen LogP contribution in [-0.2, 0) is 9.53 Å². The third kappa shape index (κ3) is 7.52. The standard InChI is InChI=1S/C36H64NO3/c1-5-6-7-8-9-10-11-12-13-14-15-16-17-20-34(38)40-27-29-26-36(4)31(28(2)37(29)39)22-21-30-32-19-18-24-35(32,3)25-23-33(30)36/h28-33H,5-27H2,1-4H3/q+1/t28?,29?,30-,31?,32-,33-,35-,36-/m0/s1. The average Bonchev–Trinajstić information content (AvgIpc) is 3.34. The summed E-state index contributed by atoms with van der Waals surface area (Å²) in [4.78, 5) is 25.9. The van der Waals surface area contributed by atoms with E-state index in [1.165, 1.54) is 120 Å². The molecule has 0 bridgehead atoms. The van der Waals surface area contributed by atoms with Crippen LogP contribution < -0.4 is 0 Å². The monoisotopic (exact) mass is 558 g/mol. The van der Waals surface area contributed by atoms with E-state index in [9.17, 15) is 9.70 Å².